The first-order chi connectivity index (χ1) is 12.7. The van der Waals surface area contributed by atoms with Crippen molar-refractivity contribution >= 4 is 11.9 Å². The molecule has 0 fully saturated rings. The second-order valence-corrected chi connectivity index (χ2v) is 5.73. The van der Waals surface area contributed by atoms with Crippen LogP contribution in [0.3, 0.4) is 0 Å². The van der Waals surface area contributed by atoms with Crippen LogP contribution in [-0.2, 0) is 6.61 Å². The number of aryl methyl sites for hydroxylation is 1. The molecule has 0 N–H and O–H groups in total. The molecule has 26 heavy (non-hydrogen) atoms. The zero-order valence-electron chi connectivity index (χ0n) is 14.3. The number of carbonyl (C=O) groups excluding carboxylic acids is 1. The van der Waals surface area contributed by atoms with Crippen LogP contribution in [0.25, 0.3) is 6.08 Å². The fourth-order valence-corrected chi connectivity index (χ4v) is 2.48. The summed E-state index contributed by atoms with van der Waals surface area (Å²) in [6, 6.07) is 20.7. The Kier molecular flexibility index (Phi) is 5.31. The lowest BCUT2D eigenvalue weighted by Gasteiger charge is -2.06. The molecule has 0 saturated carbocycles. The highest BCUT2D eigenvalue weighted by Gasteiger charge is 2.16. The average Bonchev–Trinajstić information content (AvgIpc) is 3.11. The van der Waals surface area contributed by atoms with E-state index in [0.29, 0.717) is 17.9 Å². The van der Waals surface area contributed by atoms with Crippen LogP contribution in [0.2, 0.25) is 0 Å². The number of carbonyl (C=O) groups is 1. The number of nitrogens with zero attached hydrogens (tertiary/aromatic N) is 1. The smallest absolute Gasteiger partial charge is 0.207 e. The molecule has 1 aromatic heterocycles. The fraction of sp³-hybridized carbons (Fsp3) is 0.0909. The summed E-state index contributed by atoms with van der Waals surface area (Å²) in [4.78, 5) is 12.4. The summed E-state index contributed by atoms with van der Waals surface area (Å²) in [6.45, 7) is 2.18. The van der Waals surface area contributed by atoms with Gasteiger partial charge in [-0.25, -0.2) is 0 Å². The Hall–Kier alpha value is -3.58. The fourth-order valence-electron chi connectivity index (χ4n) is 2.48. The summed E-state index contributed by atoms with van der Waals surface area (Å²) in [5, 5.41) is 9.32. The van der Waals surface area contributed by atoms with Gasteiger partial charge in [-0.1, -0.05) is 42.5 Å². The quantitative estimate of drug-likeness (QED) is 0.361. The van der Waals surface area contributed by atoms with Crippen LogP contribution >= 0.6 is 0 Å². The molecule has 128 valence electrons. The average molecular weight is 343 g/mol. The van der Waals surface area contributed by atoms with E-state index in [1.807, 2.05) is 60.7 Å². The van der Waals surface area contributed by atoms with Crippen molar-refractivity contribution in [3.8, 4) is 11.8 Å². The van der Waals surface area contributed by atoms with Crippen LogP contribution in [-0.4, -0.2) is 5.78 Å². The molecule has 3 rings (SSSR count). The van der Waals surface area contributed by atoms with Gasteiger partial charge < -0.3 is 9.15 Å². The highest BCUT2D eigenvalue weighted by atomic mass is 16.5. The second-order valence-electron chi connectivity index (χ2n) is 5.73. The summed E-state index contributed by atoms with van der Waals surface area (Å²) in [5.74, 6) is 0.880. The van der Waals surface area contributed by atoms with Crippen molar-refractivity contribution in [1.29, 1.82) is 5.26 Å². The number of rotatable bonds is 6. The van der Waals surface area contributed by atoms with Crippen molar-refractivity contribution in [2.45, 2.75) is 13.5 Å². The Balaban J connectivity index is 1.71. The number of hydrogen-bond donors (Lipinski definition) is 0. The number of allylic oxidation sites excluding steroid dienone is 1. The van der Waals surface area contributed by atoms with E-state index in [9.17, 15) is 10.1 Å². The summed E-state index contributed by atoms with van der Waals surface area (Å²) >= 11 is 0. The predicted molar refractivity (Wildman–Crippen MR) is 98.6 cm³/mol. The molecule has 0 amide bonds. The van der Waals surface area contributed by atoms with E-state index >= 15 is 0 Å². The molecule has 2 aromatic carbocycles. The largest absolute Gasteiger partial charge is 0.489 e. The van der Waals surface area contributed by atoms with E-state index in [1.165, 1.54) is 6.26 Å². The molecule has 4 heteroatoms. The molecule has 0 aliphatic rings. The van der Waals surface area contributed by atoms with Gasteiger partial charge in [-0.2, -0.15) is 5.26 Å². The summed E-state index contributed by atoms with van der Waals surface area (Å²) in [6.07, 6.45) is 3.01. The number of Topliss-reactive ketones (excluding diaryl/α,β-unsaturated/α-hetero) is 1. The molecule has 0 atom stereocenters. The van der Waals surface area contributed by atoms with Gasteiger partial charge in [0.25, 0.3) is 0 Å². The highest BCUT2D eigenvalue weighted by molar-refractivity contribution is 6.14. The van der Waals surface area contributed by atoms with Gasteiger partial charge in [0, 0.05) is 0 Å². The topological polar surface area (TPSA) is 63.2 Å². The molecule has 0 saturated heterocycles. The minimum Gasteiger partial charge on any atom is -0.489 e. The third kappa shape index (κ3) is 4.08. The van der Waals surface area contributed by atoms with Crippen LogP contribution in [0.1, 0.15) is 27.2 Å². The van der Waals surface area contributed by atoms with E-state index in [4.69, 9.17) is 9.15 Å². The van der Waals surface area contributed by atoms with Gasteiger partial charge in [0.1, 0.15) is 29.8 Å². The zero-order valence-corrected chi connectivity index (χ0v) is 14.3. The summed E-state index contributed by atoms with van der Waals surface area (Å²) < 4.78 is 10.9. The lowest BCUT2D eigenvalue weighted by molar-refractivity contribution is 0.103. The SMILES string of the molecule is Cc1occc1C(=O)/C(C#N)=C/c1ccc(OCc2ccccc2)cc1. The standard InChI is InChI=1S/C22H17NO3/c1-16-21(11-12-25-16)22(24)19(14-23)13-17-7-9-20(10-8-17)26-15-18-5-3-2-4-6-18/h2-13H,15H2,1H3/b19-13+. The monoisotopic (exact) mass is 343 g/mol. The maximum Gasteiger partial charge on any atom is 0.207 e. The molecule has 4 nitrogen and oxygen atoms in total. The van der Waals surface area contributed by atoms with Gasteiger partial charge in [0.05, 0.1) is 11.8 Å². The van der Waals surface area contributed by atoms with Crippen molar-refractivity contribution in [3.63, 3.8) is 0 Å². The van der Waals surface area contributed by atoms with Crippen molar-refractivity contribution in [1.82, 2.24) is 0 Å². The van der Waals surface area contributed by atoms with Crippen LogP contribution in [0.5, 0.6) is 5.75 Å². The maximum absolute atomic E-state index is 12.4. The van der Waals surface area contributed by atoms with Crippen molar-refractivity contribution < 1.29 is 13.9 Å². The van der Waals surface area contributed by atoms with Gasteiger partial charge in [-0.3, -0.25) is 4.79 Å². The molecular weight excluding hydrogens is 326 g/mol. The molecular formula is C22H17NO3. The highest BCUT2D eigenvalue weighted by Crippen LogP contribution is 2.19. The number of ketones is 1. The molecule has 0 spiro atoms. The predicted octanol–water partition coefficient (Wildman–Crippen LogP) is 4.96. The lowest BCUT2D eigenvalue weighted by atomic mass is 10.0. The second kappa shape index (κ2) is 8.00. The molecule has 0 radical (unpaired) electrons. The normalized spacial score (nSPS) is 11.0. The Labute approximate surface area is 152 Å². The maximum atomic E-state index is 12.4. The van der Waals surface area contributed by atoms with Crippen LogP contribution in [0, 0.1) is 18.3 Å². The van der Waals surface area contributed by atoms with E-state index in [0.717, 1.165) is 16.9 Å². The number of nitriles is 1. The van der Waals surface area contributed by atoms with Crippen LogP contribution in [0.4, 0.5) is 0 Å². The van der Waals surface area contributed by atoms with Gasteiger partial charge in [-0.05, 0) is 42.3 Å². The van der Waals surface area contributed by atoms with E-state index in [-0.39, 0.29) is 11.4 Å². The van der Waals surface area contributed by atoms with Crippen molar-refractivity contribution in [2.75, 3.05) is 0 Å². The number of furan rings is 1. The Morgan fingerprint density at radius 2 is 1.85 bits per heavy atom. The third-order valence-electron chi connectivity index (χ3n) is 3.91. The molecule has 1 heterocycles. The van der Waals surface area contributed by atoms with Crippen molar-refractivity contribution in [2.24, 2.45) is 0 Å². The molecule has 0 aliphatic carbocycles. The summed E-state index contributed by atoms with van der Waals surface area (Å²) in [5.41, 5.74) is 2.31. The molecule has 0 bridgehead atoms. The third-order valence-corrected chi connectivity index (χ3v) is 3.91. The van der Waals surface area contributed by atoms with Crippen LogP contribution in [0.15, 0.2) is 76.9 Å². The summed E-state index contributed by atoms with van der Waals surface area (Å²) in [7, 11) is 0. The van der Waals surface area contributed by atoms with Gasteiger partial charge in [-0.15, -0.1) is 0 Å². The minimum atomic E-state index is -0.344. The zero-order chi connectivity index (χ0) is 18.4. The minimum absolute atomic E-state index is 0.0625. The van der Waals surface area contributed by atoms with E-state index in [2.05, 4.69) is 0 Å². The molecule has 0 unspecified atom stereocenters. The number of benzene rings is 2. The Morgan fingerprint density at radius 1 is 1.12 bits per heavy atom. The Bertz CT molecular complexity index is 961. The molecule has 3 aromatic rings. The van der Waals surface area contributed by atoms with E-state index in [1.54, 1.807) is 19.1 Å². The molecule has 0 aliphatic heterocycles. The van der Waals surface area contributed by atoms with Crippen molar-refractivity contribution in [3.05, 3.63) is 95.0 Å². The van der Waals surface area contributed by atoms with E-state index < -0.39 is 0 Å². The first-order valence-electron chi connectivity index (χ1n) is 8.15. The number of hydrogen-bond acceptors (Lipinski definition) is 4. The van der Waals surface area contributed by atoms with Crippen LogP contribution < -0.4 is 4.74 Å². The van der Waals surface area contributed by atoms with Gasteiger partial charge in [0.2, 0.25) is 5.78 Å². The van der Waals surface area contributed by atoms with Gasteiger partial charge in [0.15, 0.2) is 0 Å². The lowest BCUT2D eigenvalue weighted by Crippen LogP contribution is -2.02. The first-order valence-corrected chi connectivity index (χ1v) is 8.15. The first kappa shape index (κ1) is 17.2. The van der Waals surface area contributed by atoms with Gasteiger partial charge >= 0.3 is 0 Å². The Morgan fingerprint density at radius 3 is 2.46 bits per heavy atom. The number of ether oxygens (including phenoxy) is 1.